The average molecular weight is 588 g/mol. The first-order chi connectivity index (χ1) is 19.1. The number of fused-ring (bicyclic) bond motifs is 1. The number of likely N-dealkylation sites (tertiary alicyclic amines) is 2. The number of hydrogen-bond donors (Lipinski definition) is 0. The van der Waals surface area contributed by atoms with Gasteiger partial charge in [-0.05, 0) is 69.3 Å². The second-order valence-electron chi connectivity index (χ2n) is 13.7. The monoisotopic (exact) mass is 587 g/mol. The standard InChI is InChI=1S/C30H45N3O7Si/c1-20-12-13-31(29(37)40-30(2,3)4)18-25(20)39-22-8-9-23-21(16-22)17-32(27(23)35)24-10-11-26(34)33(28(24)36)19-38-14-15-41(5,6)7/h8-9,16,20,24-25H,10-15,17-19H2,1-7H3/t20-,24?,25-/m0/s1. The fourth-order valence-electron chi connectivity index (χ4n) is 5.28. The van der Waals surface area contributed by atoms with Crippen LogP contribution in [0.5, 0.6) is 5.75 Å². The van der Waals surface area contributed by atoms with E-state index in [1.165, 1.54) is 0 Å². The molecule has 3 aliphatic heterocycles. The summed E-state index contributed by atoms with van der Waals surface area (Å²) in [7, 11) is -1.30. The number of rotatable bonds is 8. The Kier molecular flexibility index (Phi) is 9.18. The van der Waals surface area contributed by atoms with Crippen molar-refractivity contribution in [3.8, 4) is 5.75 Å². The molecule has 3 heterocycles. The number of nitrogens with zero attached hydrogens (tertiary/aromatic N) is 3. The van der Waals surface area contributed by atoms with Gasteiger partial charge in [-0.25, -0.2) is 4.79 Å². The highest BCUT2D eigenvalue weighted by Gasteiger charge is 2.43. The normalized spacial score (nSPS) is 23.6. The van der Waals surface area contributed by atoms with E-state index in [1.54, 1.807) is 21.9 Å². The molecule has 2 saturated heterocycles. The molecule has 1 aromatic rings. The number of carbonyl (C=O) groups excluding carboxylic acids is 4. The SMILES string of the molecule is C[C@H]1CCN(C(=O)OC(C)(C)C)C[C@@H]1Oc1ccc2c(c1)CN(C1CCC(=O)N(COCC[Si](C)(C)C)C1=O)C2=O. The lowest BCUT2D eigenvalue weighted by Crippen LogP contribution is -2.55. The molecule has 0 radical (unpaired) electrons. The first-order valence-electron chi connectivity index (χ1n) is 14.6. The van der Waals surface area contributed by atoms with E-state index < -0.39 is 19.7 Å². The van der Waals surface area contributed by atoms with Gasteiger partial charge in [-0.2, -0.15) is 0 Å². The minimum Gasteiger partial charge on any atom is -0.488 e. The average Bonchev–Trinajstić information content (AvgIpc) is 3.18. The maximum Gasteiger partial charge on any atom is 0.410 e. The number of imide groups is 1. The molecule has 226 valence electrons. The highest BCUT2D eigenvalue weighted by atomic mass is 28.3. The molecule has 0 aromatic heterocycles. The first-order valence-corrected chi connectivity index (χ1v) is 18.3. The molecular weight excluding hydrogens is 542 g/mol. The van der Waals surface area contributed by atoms with Gasteiger partial charge in [-0.15, -0.1) is 0 Å². The summed E-state index contributed by atoms with van der Waals surface area (Å²) in [5, 5.41) is 0. The molecule has 10 nitrogen and oxygen atoms in total. The summed E-state index contributed by atoms with van der Waals surface area (Å²) in [4.78, 5) is 56.2. The highest BCUT2D eigenvalue weighted by molar-refractivity contribution is 6.76. The molecule has 0 aliphatic carbocycles. The molecule has 3 atom stereocenters. The van der Waals surface area contributed by atoms with Crippen LogP contribution in [-0.4, -0.2) is 90.8 Å². The third-order valence-electron chi connectivity index (χ3n) is 7.81. The summed E-state index contributed by atoms with van der Waals surface area (Å²) in [6, 6.07) is 5.59. The predicted molar refractivity (Wildman–Crippen MR) is 156 cm³/mol. The van der Waals surface area contributed by atoms with Crippen LogP contribution >= 0.6 is 0 Å². The zero-order valence-corrected chi connectivity index (χ0v) is 26.5. The molecule has 4 amide bonds. The lowest BCUT2D eigenvalue weighted by Gasteiger charge is -2.37. The van der Waals surface area contributed by atoms with Crippen molar-refractivity contribution in [2.45, 2.75) is 96.9 Å². The second kappa shape index (κ2) is 12.1. The van der Waals surface area contributed by atoms with E-state index in [0.29, 0.717) is 37.4 Å². The third-order valence-corrected chi connectivity index (χ3v) is 9.52. The van der Waals surface area contributed by atoms with Crippen LogP contribution in [0.4, 0.5) is 4.79 Å². The van der Waals surface area contributed by atoms with Gasteiger partial charge in [0.2, 0.25) is 5.91 Å². The summed E-state index contributed by atoms with van der Waals surface area (Å²) in [6.07, 6.45) is 0.715. The Morgan fingerprint density at radius 2 is 1.83 bits per heavy atom. The van der Waals surface area contributed by atoms with Crippen LogP contribution in [0.3, 0.4) is 0 Å². The van der Waals surface area contributed by atoms with E-state index in [9.17, 15) is 19.2 Å². The Bertz CT molecular complexity index is 1180. The molecular formula is C30H45N3O7Si. The smallest absolute Gasteiger partial charge is 0.410 e. The Labute approximate surface area is 244 Å². The van der Waals surface area contributed by atoms with Crippen molar-refractivity contribution in [2.75, 3.05) is 26.4 Å². The van der Waals surface area contributed by atoms with E-state index in [0.717, 1.165) is 22.9 Å². The maximum absolute atomic E-state index is 13.3. The summed E-state index contributed by atoms with van der Waals surface area (Å²) in [5.41, 5.74) is 0.745. The zero-order chi connectivity index (χ0) is 30.1. The van der Waals surface area contributed by atoms with Crippen molar-refractivity contribution in [2.24, 2.45) is 5.92 Å². The molecule has 0 spiro atoms. The van der Waals surface area contributed by atoms with Gasteiger partial charge in [0.1, 0.15) is 30.2 Å². The second-order valence-corrected chi connectivity index (χ2v) is 19.3. The number of carbonyl (C=O) groups is 4. The lowest BCUT2D eigenvalue weighted by atomic mass is 9.96. The predicted octanol–water partition coefficient (Wildman–Crippen LogP) is 4.50. The molecule has 0 bridgehead atoms. The van der Waals surface area contributed by atoms with E-state index in [2.05, 4.69) is 26.6 Å². The van der Waals surface area contributed by atoms with Gasteiger partial charge >= 0.3 is 6.09 Å². The van der Waals surface area contributed by atoms with Gasteiger partial charge in [0.25, 0.3) is 11.8 Å². The number of piperidine rings is 2. The van der Waals surface area contributed by atoms with Crippen LogP contribution in [0.15, 0.2) is 18.2 Å². The van der Waals surface area contributed by atoms with Crippen molar-refractivity contribution in [1.29, 1.82) is 0 Å². The number of benzene rings is 1. The van der Waals surface area contributed by atoms with E-state index in [-0.39, 0.29) is 55.5 Å². The molecule has 4 rings (SSSR count). The molecule has 1 aromatic carbocycles. The van der Waals surface area contributed by atoms with Crippen LogP contribution in [0.1, 0.15) is 62.9 Å². The zero-order valence-electron chi connectivity index (χ0n) is 25.5. The molecule has 11 heteroatoms. The van der Waals surface area contributed by atoms with Gasteiger partial charge in [0.15, 0.2) is 0 Å². The van der Waals surface area contributed by atoms with Crippen LogP contribution in [-0.2, 0) is 25.6 Å². The summed E-state index contributed by atoms with van der Waals surface area (Å²) >= 11 is 0. The molecule has 41 heavy (non-hydrogen) atoms. The number of ether oxygens (including phenoxy) is 3. The number of amides is 4. The third kappa shape index (κ3) is 7.68. The molecule has 0 N–H and O–H groups in total. The fourth-order valence-corrected chi connectivity index (χ4v) is 6.04. The van der Waals surface area contributed by atoms with E-state index >= 15 is 0 Å². The van der Waals surface area contributed by atoms with Gasteiger partial charge in [0, 0.05) is 39.8 Å². The van der Waals surface area contributed by atoms with Crippen molar-refractivity contribution < 1.29 is 33.4 Å². The minimum absolute atomic E-state index is 0.0779. The van der Waals surface area contributed by atoms with E-state index in [4.69, 9.17) is 14.2 Å². The largest absolute Gasteiger partial charge is 0.488 e. The van der Waals surface area contributed by atoms with E-state index in [1.807, 2.05) is 26.8 Å². The van der Waals surface area contributed by atoms with Crippen molar-refractivity contribution >= 4 is 31.9 Å². The van der Waals surface area contributed by atoms with Crippen molar-refractivity contribution in [3.63, 3.8) is 0 Å². The van der Waals surface area contributed by atoms with Gasteiger partial charge < -0.3 is 24.0 Å². The Morgan fingerprint density at radius 1 is 1.10 bits per heavy atom. The van der Waals surface area contributed by atoms with Gasteiger partial charge in [-0.1, -0.05) is 26.6 Å². The van der Waals surface area contributed by atoms with Crippen molar-refractivity contribution in [1.82, 2.24) is 14.7 Å². The van der Waals surface area contributed by atoms with Crippen LogP contribution < -0.4 is 4.74 Å². The summed E-state index contributed by atoms with van der Waals surface area (Å²) in [5.74, 6) is -0.0208. The first kappa shape index (κ1) is 31.0. The van der Waals surface area contributed by atoms with Crippen LogP contribution in [0, 0.1) is 5.92 Å². The van der Waals surface area contributed by atoms with Crippen LogP contribution in [0.25, 0.3) is 0 Å². The van der Waals surface area contributed by atoms with Crippen molar-refractivity contribution in [3.05, 3.63) is 29.3 Å². The molecule has 0 saturated carbocycles. The van der Waals surface area contributed by atoms with Gasteiger partial charge in [0.05, 0.1) is 6.54 Å². The van der Waals surface area contributed by atoms with Crippen LogP contribution in [0.2, 0.25) is 25.7 Å². The molecule has 2 fully saturated rings. The lowest BCUT2D eigenvalue weighted by molar-refractivity contribution is -0.158. The van der Waals surface area contributed by atoms with Gasteiger partial charge in [-0.3, -0.25) is 19.3 Å². The Balaban J connectivity index is 1.39. The Hall–Kier alpha value is -2.92. The summed E-state index contributed by atoms with van der Waals surface area (Å²) < 4.78 is 17.6. The molecule has 1 unspecified atom stereocenters. The minimum atomic E-state index is -1.30. The quantitative estimate of drug-likeness (QED) is 0.251. The maximum atomic E-state index is 13.3. The summed E-state index contributed by atoms with van der Waals surface area (Å²) in [6.45, 7) is 16.1. The highest BCUT2D eigenvalue weighted by Crippen LogP contribution is 2.33. The number of hydrogen-bond acceptors (Lipinski definition) is 7. The topological polar surface area (TPSA) is 106 Å². The fraction of sp³-hybridized carbons (Fsp3) is 0.667. The Morgan fingerprint density at radius 3 is 2.51 bits per heavy atom. The molecule has 3 aliphatic rings.